The minimum atomic E-state index is -0.0299. The number of anilines is 1. The highest BCUT2D eigenvalue weighted by atomic mass is 16.1. The summed E-state index contributed by atoms with van der Waals surface area (Å²) in [5, 5.41) is 5.45. The third-order valence-electron chi connectivity index (χ3n) is 2.90. The Morgan fingerprint density at radius 1 is 1.24 bits per heavy atom. The van der Waals surface area contributed by atoms with Crippen molar-refractivity contribution < 1.29 is 0 Å². The third-order valence-corrected chi connectivity index (χ3v) is 2.90. The lowest BCUT2D eigenvalue weighted by Gasteiger charge is -2.13. The van der Waals surface area contributed by atoms with E-state index in [0.717, 1.165) is 22.5 Å². The van der Waals surface area contributed by atoms with E-state index in [4.69, 9.17) is 0 Å². The van der Waals surface area contributed by atoms with E-state index in [-0.39, 0.29) is 5.56 Å². The molecule has 0 saturated carbocycles. The Kier molecular flexibility index (Phi) is 3.04. The lowest BCUT2D eigenvalue weighted by Crippen LogP contribution is -2.10. The second-order valence-electron chi connectivity index (χ2n) is 4.42. The van der Waals surface area contributed by atoms with Crippen molar-refractivity contribution in [1.82, 2.24) is 10.2 Å². The Hall–Kier alpha value is -1.97. The number of nitrogens with one attached hydrogen (secondary N) is 2. The van der Waals surface area contributed by atoms with Crippen molar-refractivity contribution in [2.24, 2.45) is 0 Å². The monoisotopic (exact) mass is 231 g/mol. The van der Waals surface area contributed by atoms with Gasteiger partial charge < -0.3 is 10.00 Å². The number of rotatable bonds is 3. The number of benzene rings is 1. The average Bonchev–Trinajstić information content (AvgIpc) is 2.61. The van der Waals surface area contributed by atoms with Gasteiger partial charge in [-0.3, -0.25) is 9.89 Å². The Bertz CT molecular complexity index is 566. The predicted molar refractivity (Wildman–Crippen MR) is 69.7 cm³/mol. The second-order valence-corrected chi connectivity index (χ2v) is 4.42. The molecule has 1 aromatic heterocycles. The molecule has 4 nitrogen and oxygen atoms in total. The fourth-order valence-electron chi connectivity index (χ4n) is 1.83. The summed E-state index contributed by atoms with van der Waals surface area (Å²) in [6.07, 6.45) is 0.659. The molecule has 2 rings (SSSR count). The Morgan fingerprint density at radius 3 is 2.59 bits per heavy atom. The van der Waals surface area contributed by atoms with E-state index >= 15 is 0 Å². The van der Waals surface area contributed by atoms with Gasteiger partial charge in [0.15, 0.2) is 0 Å². The summed E-state index contributed by atoms with van der Waals surface area (Å²) in [6.45, 7) is 1.91. The van der Waals surface area contributed by atoms with Crippen LogP contribution in [0.2, 0.25) is 0 Å². The topological polar surface area (TPSA) is 51.9 Å². The predicted octanol–water partition coefficient (Wildman–Crippen LogP) is 1.67. The zero-order chi connectivity index (χ0) is 12.4. The quantitative estimate of drug-likeness (QED) is 0.844. The normalized spacial score (nSPS) is 10.5. The first-order valence-corrected chi connectivity index (χ1v) is 5.60. The van der Waals surface area contributed by atoms with Gasteiger partial charge in [-0.25, -0.2) is 0 Å². The van der Waals surface area contributed by atoms with Crippen LogP contribution in [0.25, 0.3) is 0 Å². The van der Waals surface area contributed by atoms with Gasteiger partial charge in [0.05, 0.1) is 0 Å². The Labute approximate surface area is 100 Å². The standard InChI is InChI=1S/C13H17N3O/c1-9-12(13(17)15-14-9)8-10-5-4-6-11(7-10)16(2)3/h4-7H,8H2,1-3H3,(H2,14,15,17). The minimum Gasteiger partial charge on any atom is -0.378 e. The van der Waals surface area contributed by atoms with E-state index in [1.165, 1.54) is 0 Å². The van der Waals surface area contributed by atoms with Crippen LogP contribution in [0, 0.1) is 6.92 Å². The highest BCUT2D eigenvalue weighted by Gasteiger charge is 2.07. The molecule has 0 bridgehead atoms. The maximum Gasteiger partial charge on any atom is 0.267 e. The van der Waals surface area contributed by atoms with Gasteiger partial charge in [0.2, 0.25) is 0 Å². The summed E-state index contributed by atoms with van der Waals surface area (Å²) < 4.78 is 0. The van der Waals surface area contributed by atoms with Gasteiger partial charge in [-0.15, -0.1) is 0 Å². The molecular formula is C13H17N3O. The molecule has 0 spiro atoms. The van der Waals surface area contributed by atoms with Crippen LogP contribution in [0.1, 0.15) is 16.8 Å². The maximum absolute atomic E-state index is 11.6. The molecule has 0 fully saturated rings. The molecule has 2 N–H and O–H groups in total. The van der Waals surface area contributed by atoms with E-state index in [1.807, 2.05) is 33.2 Å². The molecule has 0 atom stereocenters. The van der Waals surface area contributed by atoms with Crippen molar-refractivity contribution in [3.8, 4) is 0 Å². The number of hydrogen-bond donors (Lipinski definition) is 2. The van der Waals surface area contributed by atoms with Crippen molar-refractivity contribution in [1.29, 1.82) is 0 Å². The molecule has 90 valence electrons. The highest BCUT2D eigenvalue weighted by Crippen LogP contribution is 2.16. The summed E-state index contributed by atoms with van der Waals surface area (Å²) in [6, 6.07) is 8.21. The molecule has 0 aliphatic carbocycles. The zero-order valence-corrected chi connectivity index (χ0v) is 10.4. The molecule has 0 radical (unpaired) electrons. The van der Waals surface area contributed by atoms with Gasteiger partial charge in [-0.1, -0.05) is 12.1 Å². The van der Waals surface area contributed by atoms with Crippen LogP contribution in [0.15, 0.2) is 29.1 Å². The van der Waals surface area contributed by atoms with Crippen LogP contribution in [0.3, 0.4) is 0 Å². The van der Waals surface area contributed by atoms with Gasteiger partial charge >= 0.3 is 0 Å². The first-order valence-electron chi connectivity index (χ1n) is 5.60. The average molecular weight is 231 g/mol. The second kappa shape index (κ2) is 4.49. The largest absolute Gasteiger partial charge is 0.378 e. The van der Waals surface area contributed by atoms with E-state index in [0.29, 0.717) is 6.42 Å². The fraction of sp³-hybridized carbons (Fsp3) is 0.308. The molecule has 1 aromatic carbocycles. The summed E-state index contributed by atoms with van der Waals surface area (Å²) in [5.74, 6) is 0. The van der Waals surface area contributed by atoms with Gasteiger partial charge in [-0.05, 0) is 24.6 Å². The number of aromatic nitrogens is 2. The summed E-state index contributed by atoms with van der Waals surface area (Å²) >= 11 is 0. The number of hydrogen-bond acceptors (Lipinski definition) is 2. The van der Waals surface area contributed by atoms with Gasteiger partial charge in [0.1, 0.15) is 0 Å². The van der Waals surface area contributed by atoms with Crippen molar-refractivity contribution in [2.75, 3.05) is 19.0 Å². The van der Waals surface area contributed by atoms with Crippen molar-refractivity contribution in [3.05, 3.63) is 51.4 Å². The number of nitrogens with zero attached hydrogens (tertiary/aromatic N) is 1. The molecular weight excluding hydrogens is 214 g/mol. The minimum absolute atomic E-state index is 0.0299. The summed E-state index contributed by atoms with van der Waals surface area (Å²) in [7, 11) is 4.01. The van der Waals surface area contributed by atoms with E-state index in [9.17, 15) is 4.79 Å². The number of H-pyrrole nitrogens is 2. The Balaban J connectivity index is 2.31. The highest BCUT2D eigenvalue weighted by molar-refractivity contribution is 5.48. The lowest BCUT2D eigenvalue weighted by atomic mass is 10.1. The van der Waals surface area contributed by atoms with Crippen LogP contribution in [0.4, 0.5) is 5.69 Å². The van der Waals surface area contributed by atoms with Crippen molar-refractivity contribution in [2.45, 2.75) is 13.3 Å². The SMILES string of the molecule is Cc1[nH][nH]c(=O)c1Cc1cccc(N(C)C)c1. The zero-order valence-electron chi connectivity index (χ0n) is 10.4. The van der Waals surface area contributed by atoms with Crippen LogP contribution in [0.5, 0.6) is 0 Å². The molecule has 0 aliphatic heterocycles. The first-order chi connectivity index (χ1) is 8.08. The molecule has 2 aromatic rings. The molecule has 0 unspecified atom stereocenters. The third kappa shape index (κ3) is 2.41. The summed E-state index contributed by atoms with van der Waals surface area (Å²) in [5.41, 5.74) is 3.97. The van der Waals surface area contributed by atoms with E-state index in [2.05, 4.69) is 27.2 Å². The molecule has 0 aliphatic rings. The van der Waals surface area contributed by atoms with Crippen LogP contribution in [-0.2, 0) is 6.42 Å². The van der Waals surface area contributed by atoms with Gasteiger partial charge in [0.25, 0.3) is 5.56 Å². The molecule has 0 amide bonds. The van der Waals surface area contributed by atoms with Gasteiger partial charge in [-0.2, -0.15) is 0 Å². The van der Waals surface area contributed by atoms with Crippen LogP contribution < -0.4 is 10.5 Å². The number of aryl methyl sites for hydroxylation is 1. The van der Waals surface area contributed by atoms with Gasteiger partial charge in [0, 0.05) is 37.5 Å². The molecule has 17 heavy (non-hydrogen) atoms. The molecule has 4 heteroatoms. The molecule has 1 heterocycles. The Morgan fingerprint density at radius 2 is 2.00 bits per heavy atom. The number of aromatic amines is 2. The van der Waals surface area contributed by atoms with Crippen molar-refractivity contribution >= 4 is 5.69 Å². The van der Waals surface area contributed by atoms with E-state index in [1.54, 1.807) is 0 Å². The maximum atomic E-state index is 11.6. The summed E-state index contributed by atoms with van der Waals surface area (Å²) in [4.78, 5) is 13.6. The van der Waals surface area contributed by atoms with E-state index < -0.39 is 0 Å². The van der Waals surface area contributed by atoms with Crippen LogP contribution >= 0.6 is 0 Å². The fourth-order valence-corrected chi connectivity index (χ4v) is 1.83. The smallest absolute Gasteiger partial charge is 0.267 e. The molecule has 0 saturated heterocycles. The van der Waals surface area contributed by atoms with Crippen molar-refractivity contribution in [3.63, 3.8) is 0 Å². The lowest BCUT2D eigenvalue weighted by molar-refractivity contribution is 1.02. The van der Waals surface area contributed by atoms with Crippen LogP contribution in [-0.4, -0.2) is 24.3 Å². The first kappa shape index (κ1) is 11.5.